The van der Waals surface area contributed by atoms with E-state index in [1.54, 1.807) is 4.68 Å². The number of carboxylic acid groups (broad SMARTS) is 1. The topological polar surface area (TPSA) is 84.1 Å². The molecule has 1 aliphatic rings. The number of aromatic nitrogens is 4. The first kappa shape index (κ1) is 14.9. The molecule has 2 rings (SSSR count). The third kappa shape index (κ3) is 3.33. The summed E-state index contributed by atoms with van der Waals surface area (Å²) >= 11 is 0. The maximum Gasteiger partial charge on any atom is 0.311 e. The molecule has 7 nitrogen and oxygen atoms in total. The van der Waals surface area contributed by atoms with Crippen LogP contribution in [0, 0.1) is 5.41 Å². The summed E-state index contributed by atoms with van der Waals surface area (Å²) in [5, 5.41) is 21.3. The van der Waals surface area contributed by atoms with Gasteiger partial charge in [0, 0.05) is 13.0 Å². The number of carboxylic acids is 1. The summed E-state index contributed by atoms with van der Waals surface area (Å²) in [7, 11) is 3.99. The zero-order chi connectivity index (χ0) is 14.6. The monoisotopic (exact) mass is 281 g/mol. The lowest BCUT2D eigenvalue weighted by Crippen LogP contribution is -2.38. The summed E-state index contributed by atoms with van der Waals surface area (Å²) in [5.74, 6) is 0.0520. The summed E-state index contributed by atoms with van der Waals surface area (Å²) in [6.07, 6.45) is 5.24. The Balaban J connectivity index is 2.11. The molecule has 0 atom stereocenters. The molecule has 1 saturated carbocycles. The van der Waals surface area contributed by atoms with Gasteiger partial charge in [0.2, 0.25) is 0 Å². The first-order valence-electron chi connectivity index (χ1n) is 7.17. The van der Waals surface area contributed by atoms with Crippen LogP contribution in [-0.4, -0.2) is 56.8 Å². The molecule has 1 fully saturated rings. The van der Waals surface area contributed by atoms with E-state index in [9.17, 15) is 9.90 Å². The molecule has 0 bridgehead atoms. The number of hydrogen-bond donors (Lipinski definition) is 1. The van der Waals surface area contributed by atoms with Gasteiger partial charge >= 0.3 is 5.97 Å². The van der Waals surface area contributed by atoms with E-state index >= 15 is 0 Å². The standard InChI is InChI=1S/C13H23N5O2/c1-17(2)9-6-11-14-15-16-18(11)10-13(12(19)20)7-4-3-5-8-13/h3-10H2,1-2H3,(H,19,20). The minimum absolute atomic E-state index is 0.387. The Kier molecular flexibility index (Phi) is 4.69. The van der Waals surface area contributed by atoms with E-state index in [2.05, 4.69) is 20.4 Å². The van der Waals surface area contributed by atoms with Crippen LogP contribution in [0.5, 0.6) is 0 Å². The van der Waals surface area contributed by atoms with Crippen LogP contribution in [0.15, 0.2) is 0 Å². The third-order valence-corrected chi connectivity index (χ3v) is 4.11. The molecule has 0 radical (unpaired) electrons. The Bertz CT molecular complexity index is 451. The number of likely N-dealkylation sites (N-methyl/N-ethyl adjacent to an activating group) is 1. The van der Waals surface area contributed by atoms with Crippen molar-refractivity contribution in [3.8, 4) is 0 Å². The molecule has 1 heterocycles. The van der Waals surface area contributed by atoms with Gasteiger partial charge in [-0.05, 0) is 37.4 Å². The maximum absolute atomic E-state index is 11.7. The Hall–Kier alpha value is -1.50. The minimum atomic E-state index is -0.716. The van der Waals surface area contributed by atoms with E-state index in [-0.39, 0.29) is 0 Å². The van der Waals surface area contributed by atoms with E-state index in [1.807, 2.05) is 14.1 Å². The molecule has 7 heteroatoms. The molecule has 1 aromatic heterocycles. The second-order valence-corrected chi connectivity index (χ2v) is 5.95. The number of rotatable bonds is 6. The molecule has 0 aliphatic heterocycles. The molecular formula is C13H23N5O2. The average Bonchev–Trinajstić information content (AvgIpc) is 2.84. The van der Waals surface area contributed by atoms with Crippen molar-refractivity contribution in [3.05, 3.63) is 5.82 Å². The van der Waals surface area contributed by atoms with Crippen LogP contribution in [-0.2, 0) is 17.8 Å². The molecule has 112 valence electrons. The minimum Gasteiger partial charge on any atom is -0.481 e. The quantitative estimate of drug-likeness (QED) is 0.830. The largest absolute Gasteiger partial charge is 0.481 e. The van der Waals surface area contributed by atoms with Gasteiger partial charge in [-0.2, -0.15) is 0 Å². The predicted octanol–water partition coefficient (Wildman–Crippen LogP) is 0.812. The fraction of sp³-hybridized carbons (Fsp3) is 0.846. The number of hydrogen-bond acceptors (Lipinski definition) is 5. The molecule has 0 spiro atoms. The van der Waals surface area contributed by atoms with E-state index in [1.165, 1.54) is 0 Å². The number of tetrazole rings is 1. The van der Waals surface area contributed by atoms with Crippen molar-refractivity contribution < 1.29 is 9.90 Å². The van der Waals surface area contributed by atoms with Crippen molar-refractivity contribution >= 4 is 5.97 Å². The summed E-state index contributed by atoms with van der Waals surface area (Å²) in [4.78, 5) is 13.8. The zero-order valence-corrected chi connectivity index (χ0v) is 12.2. The van der Waals surface area contributed by atoms with Crippen molar-refractivity contribution in [2.24, 2.45) is 5.41 Å². The van der Waals surface area contributed by atoms with Gasteiger partial charge in [-0.25, -0.2) is 4.68 Å². The molecular weight excluding hydrogens is 258 g/mol. The molecule has 1 aliphatic carbocycles. The number of carbonyl (C=O) groups is 1. The highest BCUT2D eigenvalue weighted by Gasteiger charge is 2.40. The highest BCUT2D eigenvalue weighted by atomic mass is 16.4. The first-order valence-corrected chi connectivity index (χ1v) is 7.17. The lowest BCUT2D eigenvalue weighted by Gasteiger charge is -2.32. The molecule has 1 aromatic rings. The van der Waals surface area contributed by atoms with Crippen molar-refractivity contribution in [2.75, 3.05) is 20.6 Å². The van der Waals surface area contributed by atoms with Gasteiger partial charge in [0.25, 0.3) is 0 Å². The summed E-state index contributed by atoms with van der Waals surface area (Å²) < 4.78 is 1.68. The molecule has 0 saturated heterocycles. The summed E-state index contributed by atoms with van der Waals surface area (Å²) in [6.45, 7) is 1.23. The molecule has 1 N–H and O–H groups in total. The van der Waals surface area contributed by atoms with Gasteiger partial charge in [0.15, 0.2) is 5.82 Å². The van der Waals surface area contributed by atoms with E-state index in [4.69, 9.17) is 0 Å². The van der Waals surface area contributed by atoms with Crippen LogP contribution in [0.2, 0.25) is 0 Å². The van der Waals surface area contributed by atoms with E-state index in [0.717, 1.165) is 50.9 Å². The fourth-order valence-corrected chi connectivity index (χ4v) is 2.80. The van der Waals surface area contributed by atoms with Gasteiger partial charge in [-0.15, -0.1) is 5.10 Å². The summed E-state index contributed by atoms with van der Waals surface area (Å²) in [6, 6.07) is 0. The highest BCUT2D eigenvalue weighted by molar-refractivity contribution is 5.74. The first-order chi connectivity index (χ1) is 9.53. The van der Waals surface area contributed by atoms with Gasteiger partial charge in [-0.3, -0.25) is 4.79 Å². The van der Waals surface area contributed by atoms with Crippen molar-refractivity contribution in [1.82, 2.24) is 25.1 Å². The lowest BCUT2D eigenvalue weighted by molar-refractivity contribution is -0.152. The smallest absolute Gasteiger partial charge is 0.311 e. The predicted molar refractivity (Wildman–Crippen MR) is 73.2 cm³/mol. The van der Waals surface area contributed by atoms with Gasteiger partial charge in [-0.1, -0.05) is 19.3 Å². The van der Waals surface area contributed by atoms with Crippen molar-refractivity contribution in [2.45, 2.75) is 45.1 Å². The molecule has 0 aromatic carbocycles. The zero-order valence-electron chi connectivity index (χ0n) is 12.2. The summed E-state index contributed by atoms with van der Waals surface area (Å²) in [5.41, 5.74) is -0.694. The molecule has 0 unspecified atom stereocenters. The normalized spacial score (nSPS) is 18.4. The van der Waals surface area contributed by atoms with E-state index in [0.29, 0.717) is 6.54 Å². The second-order valence-electron chi connectivity index (χ2n) is 5.95. The Morgan fingerprint density at radius 2 is 2.05 bits per heavy atom. The number of aliphatic carboxylic acids is 1. The van der Waals surface area contributed by atoms with Crippen LogP contribution < -0.4 is 0 Å². The fourth-order valence-electron chi connectivity index (χ4n) is 2.80. The van der Waals surface area contributed by atoms with Crippen LogP contribution in [0.3, 0.4) is 0 Å². The number of nitrogens with zero attached hydrogens (tertiary/aromatic N) is 5. The molecule has 0 amide bonds. The van der Waals surface area contributed by atoms with Crippen LogP contribution in [0.4, 0.5) is 0 Å². The average molecular weight is 281 g/mol. The Morgan fingerprint density at radius 1 is 1.35 bits per heavy atom. The third-order valence-electron chi connectivity index (χ3n) is 4.11. The lowest BCUT2D eigenvalue weighted by atomic mass is 9.74. The SMILES string of the molecule is CN(C)CCc1nnnn1CC1(C(=O)O)CCCCC1. The van der Waals surface area contributed by atoms with Gasteiger partial charge < -0.3 is 10.0 Å². The van der Waals surface area contributed by atoms with Crippen LogP contribution in [0.1, 0.15) is 37.9 Å². The second kappa shape index (κ2) is 6.30. The Labute approximate surface area is 119 Å². The van der Waals surface area contributed by atoms with E-state index < -0.39 is 11.4 Å². The van der Waals surface area contributed by atoms with Crippen LogP contribution in [0.25, 0.3) is 0 Å². The van der Waals surface area contributed by atoms with Gasteiger partial charge in [0.1, 0.15) is 0 Å². The van der Waals surface area contributed by atoms with Crippen molar-refractivity contribution in [3.63, 3.8) is 0 Å². The van der Waals surface area contributed by atoms with Gasteiger partial charge in [0.05, 0.1) is 12.0 Å². The maximum atomic E-state index is 11.7. The van der Waals surface area contributed by atoms with Crippen LogP contribution >= 0.6 is 0 Å². The Morgan fingerprint density at radius 3 is 2.65 bits per heavy atom. The highest BCUT2D eigenvalue weighted by Crippen LogP contribution is 2.38. The molecule has 20 heavy (non-hydrogen) atoms. The van der Waals surface area contributed by atoms with Crippen molar-refractivity contribution in [1.29, 1.82) is 0 Å².